The van der Waals surface area contributed by atoms with Crippen molar-refractivity contribution in [2.45, 2.75) is 40.0 Å². The van der Waals surface area contributed by atoms with Crippen molar-refractivity contribution in [1.29, 1.82) is 0 Å². The van der Waals surface area contributed by atoms with Crippen molar-refractivity contribution in [1.82, 2.24) is 5.43 Å². The second-order valence-corrected chi connectivity index (χ2v) is 7.72. The van der Waals surface area contributed by atoms with Gasteiger partial charge in [0.15, 0.2) is 6.61 Å². The van der Waals surface area contributed by atoms with Crippen LogP contribution >= 0.6 is 15.9 Å². The summed E-state index contributed by atoms with van der Waals surface area (Å²) in [6.45, 7) is 8.76. The molecule has 0 bridgehead atoms. The molecule has 2 rings (SSSR count). The van der Waals surface area contributed by atoms with E-state index in [1.54, 1.807) is 6.21 Å². The second-order valence-electron chi connectivity index (χ2n) is 6.81. The first kappa shape index (κ1) is 22.0. The zero-order chi connectivity index (χ0) is 20.5. The molecule has 1 N–H and O–H groups in total. The zero-order valence-electron chi connectivity index (χ0n) is 16.8. The number of carbonyl (C=O) groups is 1. The summed E-state index contributed by atoms with van der Waals surface area (Å²) in [5, 5.41) is 4.03. The van der Waals surface area contributed by atoms with Gasteiger partial charge in [0.25, 0.3) is 5.91 Å². The Labute approximate surface area is 175 Å². The summed E-state index contributed by atoms with van der Waals surface area (Å²) in [6, 6.07) is 11.7. The first-order valence-electron chi connectivity index (χ1n) is 9.38. The number of halogens is 1. The quantitative estimate of drug-likeness (QED) is 0.425. The maximum atomic E-state index is 12.1. The van der Waals surface area contributed by atoms with E-state index in [0.717, 1.165) is 39.1 Å². The fraction of sp³-hybridized carbons (Fsp3) is 0.364. The summed E-state index contributed by atoms with van der Waals surface area (Å²) in [5.41, 5.74) is 5.45. The van der Waals surface area contributed by atoms with Crippen LogP contribution in [0.5, 0.6) is 11.5 Å². The highest BCUT2D eigenvalue weighted by Crippen LogP contribution is 2.27. The predicted octanol–water partition coefficient (Wildman–Crippen LogP) is 5.20. The Morgan fingerprint density at radius 1 is 1.18 bits per heavy atom. The lowest BCUT2D eigenvalue weighted by molar-refractivity contribution is -0.123. The molecule has 0 aromatic heterocycles. The van der Waals surface area contributed by atoms with Gasteiger partial charge in [0.1, 0.15) is 11.5 Å². The number of nitrogens with zero attached hydrogens (tertiary/aromatic N) is 1. The minimum atomic E-state index is -0.321. The third kappa shape index (κ3) is 6.68. The normalized spacial score (nSPS) is 11.1. The Kier molecular flexibility index (Phi) is 8.51. The molecule has 28 heavy (non-hydrogen) atoms. The molecule has 0 saturated heterocycles. The summed E-state index contributed by atoms with van der Waals surface area (Å²) in [7, 11) is 0. The van der Waals surface area contributed by atoms with Gasteiger partial charge in [0.2, 0.25) is 0 Å². The molecule has 0 unspecified atom stereocenters. The van der Waals surface area contributed by atoms with E-state index < -0.39 is 0 Å². The molecule has 0 saturated carbocycles. The Balaban J connectivity index is 1.96. The van der Waals surface area contributed by atoms with E-state index in [9.17, 15) is 4.79 Å². The van der Waals surface area contributed by atoms with Gasteiger partial charge in [-0.1, -0.05) is 48.8 Å². The Morgan fingerprint density at radius 3 is 2.68 bits per heavy atom. The lowest BCUT2D eigenvalue weighted by Gasteiger charge is -2.14. The Bertz CT molecular complexity index is 835. The maximum absolute atomic E-state index is 12.1. The van der Waals surface area contributed by atoms with Gasteiger partial charge in [-0.3, -0.25) is 4.79 Å². The molecular weight excluding hydrogens is 420 g/mol. The van der Waals surface area contributed by atoms with Crippen LogP contribution in [0.3, 0.4) is 0 Å². The van der Waals surface area contributed by atoms with Crippen molar-refractivity contribution in [3.8, 4) is 11.5 Å². The molecule has 0 atom stereocenters. The van der Waals surface area contributed by atoms with Gasteiger partial charge >= 0.3 is 0 Å². The molecule has 0 radical (unpaired) electrons. The fourth-order valence-electron chi connectivity index (χ4n) is 2.56. The van der Waals surface area contributed by atoms with Gasteiger partial charge < -0.3 is 9.47 Å². The van der Waals surface area contributed by atoms with Gasteiger partial charge in [0, 0.05) is 10.0 Å². The van der Waals surface area contributed by atoms with Gasteiger partial charge in [-0.2, -0.15) is 5.10 Å². The predicted molar refractivity (Wildman–Crippen MR) is 116 cm³/mol. The third-order valence-electron chi connectivity index (χ3n) is 3.98. The maximum Gasteiger partial charge on any atom is 0.277 e. The van der Waals surface area contributed by atoms with Crippen LogP contribution in [0.15, 0.2) is 46.0 Å². The fourth-order valence-corrected chi connectivity index (χ4v) is 2.94. The second kappa shape index (κ2) is 10.9. The van der Waals surface area contributed by atoms with E-state index in [2.05, 4.69) is 40.3 Å². The van der Waals surface area contributed by atoms with Crippen LogP contribution in [-0.2, 0) is 4.79 Å². The average Bonchev–Trinajstić information content (AvgIpc) is 2.65. The summed E-state index contributed by atoms with van der Waals surface area (Å²) in [6.07, 6.45) is 2.48. The van der Waals surface area contributed by atoms with Crippen molar-refractivity contribution in [3.63, 3.8) is 0 Å². The highest BCUT2D eigenvalue weighted by molar-refractivity contribution is 9.10. The number of hydrogen-bond donors (Lipinski definition) is 1. The van der Waals surface area contributed by atoms with Crippen LogP contribution in [0.4, 0.5) is 0 Å². The SMILES string of the molecule is CCCOc1ccc(Br)cc1/C=N/NC(=O)COc1cc(C)ccc1C(C)C. The van der Waals surface area contributed by atoms with Crippen LogP contribution in [0, 0.1) is 6.92 Å². The van der Waals surface area contributed by atoms with E-state index in [-0.39, 0.29) is 12.5 Å². The van der Waals surface area contributed by atoms with E-state index in [1.807, 2.05) is 50.2 Å². The molecule has 6 heteroatoms. The topological polar surface area (TPSA) is 59.9 Å². The summed E-state index contributed by atoms with van der Waals surface area (Å²) >= 11 is 3.44. The molecule has 1 amide bonds. The molecule has 5 nitrogen and oxygen atoms in total. The number of hydrazone groups is 1. The van der Waals surface area contributed by atoms with Crippen molar-refractivity contribution in [2.75, 3.05) is 13.2 Å². The van der Waals surface area contributed by atoms with Crippen molar-refractivity contribution in [3.05, 3.63) is 57.6 Å². The highest BCUT2D eigenvalue weighted by atomic mass is 79.9. The van der Waals surface area contributed by atoms with Crippen molar-refractivity contribution >= 4 is 28.1 Å². The highest BCUT2D eigenvalue weighted by Gasteiger charge is 2.10. The molecule has 0 spiro atoms. The van der Waals surface area contributed by atoms with Gasteiger partial charge in [-0.05, 0) is 54.7 Å². The molecule has 0 aliphatic carbocycles. The number of carbonyl (C=O) groups excluding carboxylic acids is 1. The number of ether oxygens (including phenoxy) is 2. The molecule has 0 aliphatic rings. The van der Waals surface area contributed by atoms with Crippen LogP contribution in [-0.4, -0.2) is 25.3 Å². The van der Waals surface area contributed by atoms with E-state index in [4.69, 9.17) is 9.47 Å². The summed E-state index contributed by atoms with van der Waals surface area (Å²) in [5.74, 6) is 1.45. The molecular formula is C22H27BrN2O3. The standard InChI is InChI=1S/C22H27BrN2O3/c1-5-10-27-20-9-7-18(23)12-17(20)13-24-25-22(26)14-28-21-11-16(4)6-8-19(21)15(2)3/h6-9,11-13,15H,5,10,14H2,1-4H3,(H,25,26)/b24-13+. The lowest BCUT2D eigenvalue weighted by atomic mass is 10.0. The van der Waals surface area contributed by atoms with Crippen LogP contribution in [0.2, 0.25) is 0 Å². The molecule has 0 heterocycles. The zero-order valence-corrected chi connectivity index (χ0v) is 18.4. The molecule has 2 aromatic rings. The van der Waals surface area contributed by atoms with Crippen LogP contribution in [0.1, 0.15) is 49.8 Å². The number of hydrogen-bond acceptors (Lipinski definition) is 4. The van der Waals surface area contributed by atoms with Crippen LogP contribution < -0.4 is 14.9 Å². The molecule has 0 aliphatic heterocycles. The Hall–Kier alpha value is -2.34. The summed E-state index contributed by atoms with van der Waals surface area (Å²) in [4.78, 5) is 12.1. The average molecular weight is 447 g/mol. The lowest BCUT2D eigenvalue weighted by Crippen LogP contribution is -2.25. The molecule has 2 aromatic carbocycles. The number of rotatable bonds is 9. The van der Waals surface area contributed by atoms with Crippen molar-refractivity contribution < 1.29 is 14.3 Å². The summed E-state index contributed by atoms with van der Waals surface area (Å²) < 4.78 is 12.3. The van der Waals surface area contributed by atoms with Gasteiger partial charge in [0.05, 0.1) is 12.8 Å². The minimum absolute atomic E-state index is 0.0990. The van der Waals surface area contributed by atoms with E-state index in [1.165, 1.54) is 0 Å². The smallest absolute Gasteiger partial charge is 0.277 e. The van der Waals surface area contributed by atoms with Crippen molar-refractivity contribution in [2.24, 2.45) is 5.10 Å². The van der Waals surface area contributed by atoms with E-state index >= 15 is 0 Å². The number of aryl methyl sites for hydroxylation is 1. The number of amides is 1. The van der Waals surface area contributed by atoms with E-state index in [0.29, 0.717) is 12.5 Å². The first-order valence-corrected chi connectivity index (χ1v) is 10.2. The number of benzene rings is 2. The molecule has 0 fully saturated rings. The monoisotopic (exact) mass is 446 g/mol. The first-order chi connectivity index (χ1) is 13.4. The van der Waals surface area contributed by atoms with Gasteiger partial charge in [-0.15, -0.1) is 0 Å². The van der Waals surface area contributed by atoms with Crippen LogP contribution in [0.25, 0.3) is 0 Å². The minimum Gasteiger partial charge on any atom is -0.493 e. The number of nitrogens with one attached hydrogen (secondary N) is 1. The Morgan fingerprint density at radius 2 is 1.96 bits per heavy atom. The molecule has 150 valence electrons. The third-order valence-corrected chi connectivity index (χ3v) is 4.47. The largest absolute Gasteiger partial charge is 0.493 e. The van der Waals surface area contributed by atoms with Gasteiger partial charge in [-0.25, -0.2) is 5.43 Å².